The van der Waals surface area contributed by atoms with Crippen molar-refractivity contribution >= 4 is 45.1 Å². The molecule has 0 atom stereocenters. The average Bonchev–Trinajstić information content (AvgIpc) is 3.36. The Labute approximate surface area is 217 Å². The maximum absolute atomic E-state index is 13.3. The number of furan rings is 1. The van der Waals surface area contributed by atoms with Crippen molar-refractivity contribution < 1.29 is 22.6 Å². The number of amides is 1. The highest BCUT2D eigenvalue weighted by molar-refractivity contribution is 7.92. The summed E-state index contributed by atoms with van der Waals surface area (Å²) in [4.78, 5) is 23.0. The second kappa shape index (κ2) is 11.1. The van der Waals surface area contributed by atoms with Crippen molar-refractivity contribution in [2.45, 2.75) is 4.90 Å². The fourth-order valence-corrected chi connectivity index (χ4v) is 4.94. The van der Waals surface area contributed by atoms with Crippen LogP contribution in [0.2, 0.25) is 5.02 Å². The van der Waals surface area contributed by atoms with Crippen molar-refractivity contribution in [3.05, 3.63) is 112 Å². The zero-order valence-electron chi connectivity index (χ0n) is 19.0. The molecule has 4 aromatic rings. The number of nitro groups is 1. The normalized spacial score (nSPS) is 11.4. The lowest BCUT2D eigenvalue weighted by atomic mass is 10.1. The van der Waals surface area contributed by atoms with E-state index in [0.717, 1.165) is 4.31 Å². The van der Waals surface area contributed by atoms with Gasteiger partial charge in [-0.1, -0.05) is 35.9 Å². The van der Waals surface area contributed by atoms with Gasteiger partial charge in [-0.05, 0) is 54.6 Å². The van der Waals surface area contributed by atoms with Crippen molar-refractivity contribution in [1.82, 2.24) is 5.43 Å². The maximum Gasteiger partial charge on any atom is 0.269 e. The number of hydrogen-bond donors (Lipinski definition) is 1. The van der Waals surface area contributed by atoms with Gasteiger partial charge in [0.05, 0.1) is 21.7 Å². The van der Waals surface area contributed by atoms with Crippen LogP contribution in [0.3, 0.4) is 0 Å². The van der Waals surface area contributed by atoms with Crippen LogP contribution in [0.4, 0.5) is 11.4 Å². The molecular weight excluding hydrogens is 520 g/mol. The summed E-state index contributed by atoms with van der Waals surface area (Å²) in [6, 6.07) is 23.0. The van der Waals surface area contributed by atoms with Gasteiger partial charge in [0.25, 0.3) is 21.6 Å². The van der Waals surface area contributed by atoms with Crippen LogP contribution in [0.15, 0.2) is 105 Å². The number of anilines is 1. The molecule has 1 N–H and O–H groups in total. The summed E-state index contributed by atoms with van der Waals surface area (Å²) in [5.41, 5.74) is 3.09. The minimum atomic E-state index is -4.08. The number of hydrogen-bond acceptors (Lipinski definition) is 7. The molecule has 10 nitrogen and oxygen atoms in total. The zero-order valence-corrected chi connectivity index (χ0v) is 20.6. The highest BCUT2D eigenvalue weighted by atomic mass is 35.5. The topological polar surface area (TPSA) is 135 Å². The van der Waals surface area contributed by atoms with Crippen molar-refractivity contribution in [3.63, 3.8) is 0 Å². The smallest absolute Gasteiger partial charge is 0.269 e. The fourth-order valence-electron chi connectivity index (χ4n) is 3.32. The van der Waals surface area contributed by atoms with Crippen LogP contribution in [0.1, 0.15) is 5.76 Å². The van der Waals surface area contributed by atoms with E-state index in [1.807, 2.05) is 0 Å². The number of benzene rings is 3. The molecular formula is C25H19ClN4O6S. The number of carbonyl (C=O) groups is 1. The van der Waals surface area contributed by atoms with Gasteiger partial charge < -0.3 is 4.42 Å². The van der Waals surface area contributed by atoms with E-state index in [2.05, 4.69) is 10.5 Å². The number of hydrazone groups is 1. The Balaban J connectivity index is 1.47. The zero-order chi connectivity index (χ0) is 26.4. The molecule has 188 valence electrons. The molecule has 0 aliphatic carbocycles. The summed E-state index contributed by atoms with van der Waals surface area (Å²) in [7, 11) is -4.08. The number of non-ortho nitro benzene ring substituents is 1. The summed E-state index contributed by atoms with van der Waals surface area (Å²) in [6.45, 7) is -0.554. The van der Waals surface area contributed by atoms with Gasteiger partial charge in [0.1, 0.15) is 18.1 Å². The van der Waals surface area contributed by atoms with Gasteiger partial charge in [0.2, 0.25) is 0 Å². The van der Waals surface area contributed by atoms with Crippen molar-refractivity contribution in [2.75, 3.05) is 10.8 Å². The highest BCUT2D eigenvalue weighted by Gasteiger charge is 2.27. The molecule has 0 fully saturated rings. The summed E-state index contributed by atoms with van der Waals surface area (Å²) >= 11 is 6.05. The van der Waals surface area contributed by atoms with E-state index in [4.69, 9.17) is 16.0 Å². The SMILES string of the molecule is O=C(CN(c1cccc(Cl)c1)S(=O)(=O)c1ccccc1)N/N=C\c1ccc(-c2ccc([N+](=O)[O-])cc2)o1. The first-order valence-corrected chi connectivity index (χ1v) is 12.6. The number of nitrogens with zero attached hydrogens (tertiary/aromatic N) is 3. The summed E-state index contributed by atoms with van der Waals surface area (Å²) in [5, 5.41) is 15.0. The molecule has 12 heteroatoms. The Hall–Kier alpha value is -4.48. The monoisotopic (exact) mass is 538 g/mol. The molecule has 0 aliphatic rings. The molecule has 0 saturated carbocycles. The van der Waals surface area contributed by atoms with E-state index in [0.29, 0.717) is 22.1 Å². The highest BCUT2D eigenvalue weighted by Crippen LogP contribution is 2.26. The Bertz CT molecular complexity index is 1550. The Morgan fingerprint density at radius 1 is 1.03 bits per heavy atom. The first-order chi connectivity index (χ1) is 17.7. The van der Waals surface area contributed by atoms with E-state index in [-0.39, 0.29) is 16.3 Å². The van der Waals surface area contributed by atoms with Crippen LogP contribution < -0.4 is 9.73 Å². The lowest BCUT2D eigenvalue weighted by Gasteiger charge is -2.23. The van der Waals surface area contributed by atoms with Crippen molar-refractivity contribution in [1.29, 1.82) is 0 Å². The number of halogens is 1. The molecule has 0 aliphatic heterocycles. The Kier molecular flexibility index (Phi) is 7.66. The van der Waals surface area contributed by atoms with E-state index in [1.54, 1.807) is 54.6 Å². The third-order valence-electron chi connectivity index (χ3n) is 5.09. The number of carbonyl (C=O) groups excluding carboxylic acids is 1. The van der Waals surface area contributed by atoms with E-state index in [1.165, 1.54) is 42.6 Å². The first-order valence-electron chi connectivity index (χ1n) is 10.7. The van der Waals surface area contributed by atoms with E-state index >= 15 is 0 Å². The molecule has 3 aromatic carbocycles. The molecule has 0 saturated heterocycles. The number of nitro benzene ring substituents is 1. The third kappa shape index (κ3) is 6.21. The van der Waals surface area contributed by atoms with Crippen LogP contribution in [-0.2, 0) is 14.8 Å². The van der Waals surface area contributed by atoms with Gasteiger partial charge in [0, 0.05) is 22.7 Å². The molecule has 0 unspecified atom stereocenters. The molecule has 1 heterocycles. The first kappa shape index (κ1) is 25.6. The molecule has 1 aromatic heterocycles. The standard InChI is InChI=1S/C25H19ClN4O6S/c26-19-5-4-6-21(15-19)29(37(34,35)23-7-2-1-3-8-23)17-25(31)28-27-16-22-13-14-24(36-22)18-9-11-20(12-10-18)30(32)33/h1-16H,17H2,(H,28,31)/b27-16-. The number of rotatable bonds is 9. The van der Waals surface area contributed by atoms with Gasteiger partial charge in [0.15, 0.2) is 0 Å². The van der Waals surface area contributed by atoms with Gasteiger partial charge in [-0.15, -0.1) is 0 Å². The van der Waals surface area contributed by atoms with Gasteiger partial charge in [-0.25, -0.2) is 13.8 Å². The van der Waals surface area contributed by atoms with Gasteiger partial charge in [-0.3, -0.25) is 19.2 Å². The molecule has 4 rings (SSSR count). The lowest BCUT2D eigenvalue weighted by Crippen LogP contribution is -2.39. The summed E-state index contributed by atoms with van der Waals surface area (Å²) in [6.07, 6.45) is 1.25. The van der Waals surface area contributed by atoms with Crippen LogP contribution in [0, 0.1) is 10.1 Å². The number of sulfonamides is 1. The minimum absolute atomic E-state index is 0.0145. The predicted molar refractivity (Wildman–Crippen MR) is 139 cm³/mol. The van der Waals surface area contributed by atoms with Crippen LogP contribution in [0.25, 0.3) is 11.3 Å². The third-order valence-corrected chi connectivity index (χ3v) is 7.11. The summed E-state index contributed by atoms with van der Waals surface area (Å²) in [5.74, 6) is 0.0545. The van der Waals surface area contributed by atoms with Crippen molar-refractivity contribution in [3.8, 4) is 11.3 Å². The second-order valence-corrected chi connectivity index (χ2v) is 9.90. The van der Waals surface area contributed by atoms with Crippen LogP contribution >= 0.6 is 11.6 Å². The molecule has 0 spiro atoms. The predicted octanol–water partition coefficient (Wildman–Crippen LogP) is 4.85. The van der Waals surface area contributed by atoms with Gasteiger partial charge >= 0.3 is 0 Å². The molecule has 1 amide bonds. The molecule has 37 heavy (non-hydrogen) atoms. The minimum Gasteiger partial charge on any atom is -0.455 e. The maximum atomic E-state index is 13.3. The lowest BCUT2D eigenvalue weighted by molar-refractivity contribution is -0.384. The fraction of sp³-hybridized carbons (Fsp3) is 0.0400. The van der Waals surface area contributed by atoms with E-state index < -0.39 is 27.4 Å². The van der Waals surface area contributed by atoms with Crippen LogP contribution in [0.5, 0.6) is 0 Å². The number of nitrogens with one attached hydrogen (secondary N) is 1. The Morgan fingerprint density at radius 2 is 1.76 bits per heavy atom. The van der Waals surface area contributed by atoms with E-state index in [9.17, 15) is 23.3 Å². The van der Waals surface area contributed by atoms with Crippen LogP contribution in [-0.4, -0.2) is 32.0 Å². The quantitative estimate of drug-likeness (QED) is 0.184. The second-order valence-electron chi connectivity index (χ2n) is 7.60. The largest absolute Gasteiger partial charge is 0.455 e. The molecule has 0 bridgehead atoms. The Morgan fingerprint density at radius 3 is 2.43 bits per heavy atom. The van der Waals surface area contributed by atoms with Crippen molar-refractivity contribution in [2.24, 2.45) is 5.10 Å². The molecule has 0 radical (unpaired) electrons. The summed E-state index contributed by atoms with van der Waals surface area (Å²) < 4.78 is 33.1. The van der Waals surface area contributed by atoms with Gasteiger partial charge in [-0.2, -0.15) is 5.10 Å². The average molecular weight is 539 g/mol.